The van der Waals surface area contributed by atoms with Crippen LogP contribution in [0.2, 0.25) is 0 Å². The molecule has 0 bridgehead atoms. The Morgan fingerprint density at radius 3 is 2.57 bits per heavy atom. The summed E-state index contributed by atoms with van der Waals surface area (Å²) in [6.45, 7) is 4.94. The molecule has 1 aromatic carbocycles. The normalized spacial score (nSPS) is 17.3. The maximum absolute atomic E-state index is 12.4. The van der Waals surface area contributed by atoms with E-state index in [-0.39, 0.29) is 22.9 Å². The third-order valence-electron chi connectivity index (χ3n) is 5.93. The zero-order valence-corrected chi connectivity index (χ0v) is 18.7. The largest absolute Gasteiger partial charge is 0.392 e. The first-order valence-electron chi connectivity index (χ1n) is 10.6. The lowest BCUT2D eigenvalue weighted by atomic mass is 9.88. The number of piperidine rings is 1. The van der Waals surface area contributed by atoms with Crippen LogP contribution in [0, 0.1) is 5.92 Å². The van der Waals surface area contributed by atoms with Crippen LogP contribution < -0.4 is 0 Å². The molecule has 0 aliphatic carbocycles. The molecule has 2 aromatic rings. The molecule has 3 rings (SSSR count). The second-order valence-electron chi connectivity index (χ2n) is 7.95. The van der Waals surface area contributed by atoms with Crippen LogP contribution in [-0.2, 0) is 34.1 Å². The summed E-state index contributed by atoms with van der Waals surface area (Å²) in [5, 5.41) is 10.8. The number of aliphatic hydroxyl groups is 1. The smallest absolute Gasteiger partial charge is 0.227 e. The molecule has 1 aliphatic heterocycles. The van der Waals surface area contributed by atoms with Gasteiger partial charge in [0.1, 0.15) is 0 Å². The second-order valence-corrected chi connectivity index (χ2v) is 10.1. The van der Waals surface area contributed by atoms with Crippen molar-refractivity contribution in [2.75, 3.05) is 32.6 Å². The molecule has 0 saturated carbocycles. The summed E-state index contributed by atoms with van der Waals surface area (Å²) in [4.78, 5) is 6.53. The fourth-order valence-corrected chi connectivity index (χ4v) is 5.08. The first-order valence-corrected chi connectivity index (χ1v) is 12.3. The topological polar surface area (TPSA) is 84.7 Å². The molecule has 0 unspecified atom stereocenters. The van der Waals surface area contributed by atoms with Crippen LogP contribution in [0.5, 0.6) is 0 Å². The molecule has 0 amide bonds. The molecule has 1 saturated heterocycles. The van der Waals surface area contributed by atoms with Gasteiger partial charge in [-0.3, -0.25) is 4.90 Å². The maximum atomic E-state index is 12.4. The van der Waals surface area contributed by atoms with Gasteiger partial charge in [-0.25, -0.2) is 13.4 Å². The number of ether oxygens (including phenoxy) is 1. The van der Waals surface area contributed by atoms with Crippen molar-refractivity contribution < 1.29 is 18.3 Å². The monoisotopic (exact) mass is 435 g/mol. The van der Waals surface area contributed by atoms with Crippen LogP contribution in [0.4, 0.5) is 0 Å². The van der Waals surface area contributed by atoms with Crippen molar-refractivity contribution in [3.05, 3.63) is 47.8 Å². The van der Waals surface area contributed by atoms with E-state index in [1.165, 1.54) is 5.56 Å². The highest BCUT2D eigenvalue weighted by Gasteiger charge is 2.27. The number of rotatable bonds is 10. The predicted molar refractivity (Wildman–Crippen MR) is 116 cm³/mol. The van der Waals surface area contributed by atoms with Gasteiger partial charge in [0.25, 0.3) is 0 Å². The number of benzene rings is 1. The minimum Gasteiger partial charge on any atom is -0.392 e. The molecule has 1 aliphatic rings. The van der Waals surface area contributed by atoms with E-state index in [1.54, 1.807) is 24.8 Å². The van der Waals surface area contributed by atoms with Gasteiger partial charge < -0.3 is 14.4 Å². The number of aliphatic hydroxyl groups excluding tert-OH is 1. The summed E-state index contributed by atoms with van der Waals surface area (Å²) in [6.07, 6.45) is 3.89. The molecular weight excluding hydrogens is 402 g/mol. The van der Waals surface area contributed by atoms with Gasteiger partial charge in [0.15, 0.2) is 0 Å². The first kappa shape index (κ1) is 22.9. The van der Waals surface area contributed by atoms with Crippen molar-refractivity contribution in [2.24, 2.45) is 5.92 Å². The number of nitrogens with zero attached hydrogens (tertiary/aromatic N) is 3. The summed E-state index contributed by atoms with van der Waals surface area (Å²) in [5.74, 6) is 0.317. The van der Waals surface area contributed by atoms with Gasteiger partial charge in [-0.1, -0.05) is 37.3 Å². The van der Waals surface area contributed by atoms with Crippen molar-refractivity contribution in [1.82, 2.24) is 14.5 Å². The van der Waals surface area contributed by atoms with E-state index in [1.807, 2.05) is 18.2 Å². The molecule has 30 heavy (non-hydrogen) atoms. The van der Waals surface area contributed by atoms with Gasteiger partial charge >= 0.3 is 0 Å². The van der Waals surface area contributed by atoms with Crippen molar-refractivity contribution in [3.8, 4) is 0 Å². The van der Waals surface area contributed by atoms with Gasteiger partial charge in [-0.05, 0) is 43.8 Å². The minimum absolute atomic E-state index is 0.0289. The molecule has 8 heteroatoms. The molecule has 1 aromatic heterocycles. The Kier molecular flexibility index (Phi) is 8.05. The van der Waals surface area contributed by atoms with Crippen molar-refractivity contribution in [3.63, 3.8) is 0 Å². The quantitative estimate of drug-likeness (QED) is 0.616. The van der Waals surface area contributed by atoms with E-state index in [4.69, 9.17) is 4.74 Å². The SMILES string of the molecule is CCS(=O)(=O)c1ncc(CN2CCC([C@H](O)Cc3ccccc3)CC2)n1CCOC. The van der Waals surface area contributed by atoms with E-state index >= 15 is 0 Å². The van der Waals surface area contributed by atoms with E-state index in [2.05, 4.69) is 22.0 Å². The number of aromatic nitrogens is 2. The fourth-order valence-electron chi connectivity index (χ4n) is 4.06. The highest BCUT2D eigenvalue weighted by atomic mass is 32.2. The molecule has 1 fully saturated rings. The zero-order chi connectivity index (χ0) is 21.6. The number of likely N-dealkylation sites (tertiary alicyclic amines) is 1. The number of hydrogen-bond donors (Lipinski definition) is 1. The lowest BCUT2D eigenvalue weighted by Gasteiger charge is -2.34. The summed E-state index contributed by atoms with van der Waals surface area (Å²) in [5.41, 5.74) is 2.06. The zero-order valence-electron chi connectivity index (χ0n) is 17.9. The Bertz CT molecular complexity index is 890. The molecule has 7 nitrogen and oxygen atoms in total. The molecule has 0 spiro atoms. The molecule has 0 radical (unpaired) electrons. The average Bonchev–Trinajstić information content (AvgIpc) is 3.16. The predicted octanol–water partition coefficient (Wildman–Crippen LogP) is 2.14. The summed E-state index contributed by atoms with van der Waals surface area (Å²) in [7, 11) is -1.78. The Balaban J connectivity index is 1.60. The highest BCUT2D eigenvalue weighted by molar-refractivity contribution is 7.91. The molecule has 166 valence electrons. The average molecular weight is 436 g/mol. The Morgan fingerprint density at radius 1 is 1.23 bits per heavy atom. The van der Waals surface area contributed by atoms with Crippen molar-refractivity contribution in [2.45, 2.75) is 50.5 Å². The van der Waals surface area contributed by atoms with Crippen LogP contribution in [0.15, 0.2) is 41.7 Å². The summed E-state index contributed by atoms with van der Waals surface area (Å²) >= 11 is 0. The van der Waals surface area contributed by atoms with Crippen LogP contribution in [0.1, 0.15) is 31.0 Å². The third kappa shape index (κ3) is 5.69. The first-order chi connectivity index (χ1) is 14.4. The van der Waals surface area contributed by atoms with Crippen molar-refractivity contribution in [1.29, 1.82) is 0 Å². The fraction of sp³-hybridized carbons (Fsp3) is 0.591. The van der Waals surface area contributed by atoms with Crippen LogP contribution in [-0.4, -0.2) is 66.6 Å². The van der Waals surface area contributed by atoms with Gasteiger partial charge in [-0.2, -0.15) is 0 Å². The van der Waals surface area contributed by atoms with Gasteiger partial charge in [0, 0.05) is 20.2 Å². The second kappa shape index (κ2) is 10.5. The Morgan fingerprint density at radius 2 is 1.93 bits per heavy atom. The summed E-state index contributed by atoms with van der Waals surface area (Å²) in [6, 6.07) is 10.1. The van der Waals surface area contributed by atoms with E-state index < -0.39 is 9.84 Å². The molecule has 1 N–H and O–H groups in total. The van der Waals surface area contributed by atoms with E-state index in [9.17, 15) is 13.5 Å². The number of methoxy groups -OCH3 is 1. The lowest BCUT2D eigenvalue weighted by molar-refractivity contribution is 0.0568. The maximum Gasteiger partial charge on any atom is 0.227 e. The number of imidazole rings is 1. The molecule has 2 heterocycles. The highest BCUT2D eigenvalue weighted by Crippen LogP contribution is 2.25. The van der Waals surface area contributed by atoms with Gasteiger partial charge in [0.2, 0.25) is 15.0 Å². The van der Waals surface area contributed by atoms with Crippen molar-refractivity contribution >= 4 is 9.84 Å². The molecular formula is C22H33N3O4S. The Labute approximate surface area is 179 Å². The summed E-state index contributed by atoms with van der Waals surface area (Å²) < 4.78 is 31.7. The van der Waals surface area contributed by atoms with Gasteiger partial charge in [0.05, 0.1) is 30.4 Å². The molecule has 1 atom stereocenters. The van der Waals surface area contributed by atoms with E-state index in [0.717, 1.165) is 31.6 Å². The van der Waals surface area contributed by atoms with Crippen LogP contribution in [0.25, 0.3) is 0 Å². The van der Waals surface area contributed by atoms with Crippen LogP contribution >= 0.6 is 0 Å². The number of hydrogen-bond acceptors (Lipinski definition) is 6. The van der Waals surface area contributed by atoms with Gasteiger partial charge in [-0.15, -0.1) is 0 Å². The third-order valence-corrected chi connectivity index (χ3v) is 7.57. The number of sulfone groups is 1. The van der Waals surface area contributed by atoms with Crippen LogP contribution in [0.3, 0.4) is 0 Å². The Hall–Kier alpha value is -1.74. The van der Waals surface area contributed by atoms with E-state index in [0.29, 0.717) is 26.1 Å². The lowest BCUT2D eigenvalue weighted by Crippen LogP contribution is -2.38. The minimum atomic E-state index is -3.38. The standard InChI is InChI=1S/C22H33N3O4S/c1-3-30(27,28)22-23-16-20(25(22)13-14-29-2)17-24-11-9-19(10-12-24)21(26)15-18-7-5-4-6-8-18/h4-8,16,19,21,26H,3,9-15,17H2,1-2H3/t21-/m1/s1.